The summed E-state index contributed by atoms with van der Waals surface area (Å²) in [5, 5.41) is 13.1. The molecule has 0 heterocycles. The van der Waals surface area contributed by atoms with Crippen LogP contribution in [0.5, 0.6) is 11.5 Å². The van der Waals surface area contributed by atoms with E-state index in [-0.39, 0.29) is 5.75 Å². The number of benzene rings is 2. The zero-order valence-electron chi connectivity index (χ0n) is 11.5. The SMILES string of the molecule is COc1ccc(CNc2cc(C)cc(C)c2)cc1O. The van der Waals surface area contributed by atoms with E-state index in [1.165, 1.54) is 11.1 Å². The van der Waals surface area contributed by atoms with Gasteiger partial charge in [0.2, 0.25) is 0 Å². The first-order chi connectivity index (χ1) is 9.08. The molecule has 0 spiro atoms. The lowest BCUT2D eigenvalue weighted by Gasteiger charge is -2.10. The summed E-state index contributed by atoms with van der Waals surface area (Å²) in [7, 11) is 1.54. The maximum atomic E-state index is 9.72. The van der Waals surface area contributed by atoms with Crippen LogP contribution in [0.3, 0.4) is 0 Å². The molecule has 0 radical (unpaired) electrons. The normalized spacial score (nSPS) is 10.3. The first kappa shape index (κ1) is 13.3. The van der Waals surface area contributed by atoms with E-state index in [1.807, 2.05) is 6.07 Å². The summed E-state index contributed by atoms with van der Waals surface area (Å²) >= 11 is 0. The molecule has 100 valence electrons. The van der Waals surface area contributed by atoms with Crippen LogP contribution in [0.1, 0.15) is 16.7 Å². The number of aromatic hydroxyl groups is 1. The van der Waals surface area contributed by atoms with E-state index in [2.05, 4.69) is 37.4 Å². The lowest BCUT2D eigenvalue weighted by molar-refractivity contribution is 0.373. The molecule has 0 unspecified atom stereocenters. The molecular formula is C16H19NO2. The molecule has 0 saturated carbocycles. The molecule has 0 aliphatic heterocycles. The Balaban J connectivity index is 2.08. The van der Waals surface area contributed by atoms with Crippen molar-refractivity contribution in [2.24, 2.45) is 0 Å². The monoisotopic (exact) mass is 257 g/mol. The van der Waals surface area contributed by atoms with Crippen LogP contribution in [0.15, 0.2) is 36.4 Å². The molecule has 0 amide bonds. The van der Waals surface area contributed by atoms with E-state index in [0.717, 1.165) is 11.3 Å². The molecule has 0 aliphatic carbocycles. The van der Waals surface area contributed by atoms with Crippen molar-refractivity contribution >= 4 is 5.69 Å². The minimum absolute atomic E-state index is 0.169. The van der Waals surface area contributed by atoms with Gasteiger partial charge in [-0.05, 0) is 54.8 Å². The highest BCUT2D eigenvalue weighted by atomic mass is 16.5. The third kappa shape index (κ3) is 3.41. The van der Waals surface area contributed by atoms with E-state index in [9.17, 15) is 5.11 Å². The van der Waals surface area contributed by atoms with Gasteiger partial charge in [0, 0.05) is 12.2 Å². The van der Waals surface area contributed by atoms with Gasteiger partial charge >= 0.3 is 0 Å². The van der Waals surface area contributed by atoms with Gasteiger partial charge in [-0.25, -0.2) is 0 Å². The van der Waals surface area contributed by atoms with E-state index in [1.54, 1.807) is 19.2 Å². The number of anilines is 1. The van der Waals surface area contributed by atoms with E-state index in [0.29, 0.717) is 12.3 Å². The van der Waals surface area contributed by atoms with Crippen molar-refractivity contribution in [3.05, 3.63) is 53.1 Å². The van der Waals surface area contributed by atoms with Crippen molar-refractivity contribution in [2.75, 3.05) is 12.4 Å². The quantitative estimate of drug-likeness (QED) is 0.878. The fourth-order valence-corrected chi connectivity index (χ4v) is 2.13. The second-order valence-corrected chi connectivity index (χ2v) is 4.74. The van der Waals surface area contributed by atoms with Gasteiger partial charge in [-0.1, -0.05) is 12.1 Å². The lowest BCUT2D eigenvalue weighted by atomic mass is 10.1. The third-order valence-electron chi connectivity index (χ3n) is 2.96. The Labute approximate surface area is 113 Å². The van der Waals surface area contributed by atoms with Gasteiger partial charge in [-0.15, -0.1) is 0 Å². The number of rotatable bonds is 4. The van der Waals surface area contributed by atoms with Crippen LogP contribution in [0.2, 0.25) is 0 Å². The van der Waals surface area contributed by atoms with Crippen LogP contribution < -0.4 is 10.1 Å². The van der Waals surface area contributed by atoms with Crippen molar-refractivity contribution in [1.29, 1.82) is 0 Å². The number of ether oxygens (including phenoxy) is 1. The summed E-state index contributed by atoms with van der Waals surface area (Å²) in [6.07, 6.45) is 0. The largest absolute Gasteiger partial charge is 0.504 e. The van der Waals surface area contributed by atoms with Crippen molar-refractivity contribution in [2.45, 2.75) is 20.4 Å². The number of phenolic OH excluding ortho intramolecular Hbond substituents is 1. The van der Waals surface area contributed by atoms with Crippen LogP contribution in [0, 0.1) is 13.8 Å². The average molecular weight is 257 g/mol. The zero-order valence-corrected chi connectivity index (χ0v) is 11.5. The number of hydrogen-bond donors (Lipinski definition) is 2. The molecule has 19 heavy (non-hydrogen) atoms. The summed E-state index contributed by atoms with van der Waals surface area (Å²) in [4.78, 5) is 0. The molecule has 0 atom stereocenters. The van der Waals surface area contributed by atoms with Crippen LogP contribution in [0.25, 0.3) is 0 Å². The maximum Gasteiger partial charge on any atom is 0.160 e. The minimum Gasteiger partial charge on any atom is -0.504 e. The molecule has 2 rings (SSSR count). The number of phenols is 1. The fourth-order valence-electron chi connectivity index (χ4n) is 2.13. The molecule has 3 nitrogen and oxygen atoms in total. The van der Waals surface area contributed by atoms with Crippen molar-refractivity contribution in [3.63, 3.8) is 0 Å². The maximum absolute atomic E-state index is 9.72. The Kier molecular flexibility index (Phi) is 3.95. The molecule has 0 aliphatic rings. The molecule has 2 aromatic rings. The summed E-state index contributed by atoms with van der Waals surface area (Å²) in [6.45, 7) is 4.83. The first-order valence-corrected chi connectivity index (χ1v) is 6.26. The van der Waals surface area contributed by atoms with Crippen LogP contribution in [-0.2, 0) is 6.54 Å². The van der Waals surface area contributed by atoms with Crippen molar-refractivity contribution in [1.82, 2.24) is 0 Å². The van der Waals surface area contributed by atoms with Crippen LogP contribution in [0.4, 0.5) is 5.69 Å². The summed E-state index contributed by atoms with van der Waals surface area (Å²) in [5.74, 6) is 0.664. The number of aryl methyl sites for hydroxylation is 2. The van der Waals surface area contributed by atoms with E-state index >= 15 is 0 Å². The molecule has 0 saturated heterocycles. The van der Waals surface area contributed by atoms with Gasteiger partial charge in [0.25, 0.3) is 0 Å². The van der Waals surface area contributed by atoms with Gasteiger partial charge in [0.05, 0.1) is 7.11 Å². The first-order valence-electron chi connectivity index (χ1n) is 6.26. The summed E-state index contributed by atoms with van der Waals surface area (Å²) < 4.78 is 5.02. The number of hydrogen-bond acceptors (Lipinski definition) is 3. The zero-order chi connectivity index (χ0) is 13.8. The molecule has 0 bridgehead atoms. The van der Waals surface area contributed by atoms with Crippen molar-refractivity contribution in [3.8, 4) is 11.5 Å². The topological polar surface area (TPSA) is 41.5 Å². The Morgan fingerprint density at radius 1 is 1.05 bits per heavy atom. The Morgan fingerprint density at radius 2 is 1.74 bits per heavy atom. The third-order valence-corrected chi connectivity index (χ3v) is 2.96. The number of methoxy groups -OCH3 is 1. The molecule has 0 fully saturated rings. The Hall–Kier alpha value is -2.16. The Morgan fingerprint density at radius 3 is 2.32 bits per heavy atom. The van der Waals surface area contributed by atoms with Gasteiger partial charge in [0.1, 0.15) is 0 Å². The highest BCUT2D eigenvalue weighted by Crippen LogP contribution is 2.26. The van der Waals surface area contributed by atoms with Crippen molar-refractivity contribution < 1.29 is 9.84 Å². The molecule has 3 heteroatoms. The molecular weight excluding hydrogens is 238 g/mol. The smallest absolute Gasteiger partial charge is 0.160 e. The highest BCUT2D eigenvalue weighted by molar-refractivity contribution is 5.49. The average Bonchev–Trinajstić information content (AvgIpc) is 2.35. The second-order valence-electron chi connectivity index (χ2n) is 4.74. The minimum atomic E-state index is 0.169. The fraction of sp³-hybridized carbons (Fsp3) is 0.250. The summed E-state index contributed by atoms with van der Waals surface area (Å²) in [6, 6.07) is 11.8. The van der Waals surface area contributed by atoms with Gasteiger partial charge in [-0.2, -0.15) is 0 Å². The Bertz CT molecular complexity index is 559. The predicted octanol–water partition coefficient (Wildman–Crippen LogP) is 3.63. The van der Waals surface area contributed by atoms with E-state index < -0.39 is 0 Å². The summed E-state index contributed by atoms with van der Waals surface area (Å²) in [5.41, 5.74) is 4.57. The second kappa shape index (κ2) is 5.65. The molecule has 0 aromatic heterocycles. The van der Waals surface area contributed by atoms with Gasteiger partial charge < -0.3 is 15.2 Å². The lowest BCUT2D eigenvalue weighted by Crippen LogP contribution is -2.00. The van der Waals surface area contributed by atoms with Gasteiger partial charge in [0.15, 0.2) is 11.5 Å². The predicted molar refractivity (Wildman–Crippen MR) is 77.9 cm³/mol. The molecule has 2 N–H and O–H groups in total. The van der Waals surface area contributed by atoms with E-state index in [4.69, 9.17) is 4.74 Å². The van der Waals surface area contributed by atoms with Gasteiger partial charge in [-0.3, -0.25) is 0 Å². The number of nitrogens with one attached hydrogen (secondary N) is 1. The van der Waals surface area contributed by atoms with Crippen LogP contribution in [-0.4, -0.2) is 12.2 Å². The standard InChI is InChI=1S/C16H19NO2/c1-11-6-12(2)8-14(7-11)17-10-13-4-5-16(19-3)15(18)9-13/h4-9,17-18H,10H2,1-3H3. The highest BCUT2D eigenvalue weighted by Gasteiger charge is 2.02. The molecule has 2 aromatic carbocycles. The van der Waals surface area contributed by atoms with Crippen LogP contribution >= 0.6 is 0 Å².